The Bertz CT molecular complexity index is 2010. The van der Waals surface area contributed by atoms with Gasteiger partial charge < -0.3 is 19.3 Å². The Morgan fingerprint density at radius 3 is 2.67 bits per heavy atom. The average molecular weight is 623 g/mol. The third-order valence-electron chi connectivity index (χ3n) is 7.90. The van der Waals surface area contributed by atoms with Crippen molar-refractivity contribution in [1.29, 1.82) is 0 Å². The van der Waals surface area contributed by atoms with Gasteiger partial charge in [-0.25, -0.2) is 9.37 Å². The maximum atomic E-state index is 14.0. The van der Waals surface area contributed by atoms with Gasteiger partial charge in [0.05, 0.1) is 28.9 Å². The predicted molar refractivity (Wildman–Crippen MR) is 168 cm³/mol. The molecule has 0 bridgehead atoms. The first kappa shape index (κ1) is 28.5. The monoisotopic (exact) mass is 622 g/mol. The van der Waals surface area contributed by atoms with Gasteiger partial charge in [0.2, 0.25) is 0 Å². The predicted octanol–water partition coefficient (Wildman–Crippen LogP) is 6.97. The van der Waals surface area contributed by atoms with E-state index >= 15 is 0 Å². The maximum absolute atomic E-state index is 14.0. The van der Waals surface area contributed by atoms with Gasteiger partial charge in [0.1, 0.15) is 30.0 Å². The van der Waals surface area contributed by atoms with Crippen LogP contribution in [0.3, 0.4) is 0 Å². The molecule has 10 heteroatoms. The molecule has 1 N–H and O–H groups in total. The molecule has 1 amide bonds. The molecular weight excluding hydrogens is 595 g/mol. The topological polar surface area (TPSA) is 98.2 Å². The molecule has 8 nitrogen and oxygen atoms in total. The van der Waals surface area contributed by atoms with Crippen molar-refractivity contribution >= 4 is 44.1 Å². The van der Waals surface area contributed by atoms with Crippen molar-refractivity contribution in [3.05, 3.63) is 119 Å². The highest BCUT2D eigenvalue weighted by molar-refractivity contribution is 7.22. The second-order valence-corrected chi connectivity index (χ2v) is 11.9. The van der Waals surface area contributed by atoms with Crippen LogP contribution in [-0.4, -0.2) is 35.0 Å². The first-order chi connectivity index (χ1) is 21.8. The van der Waals surface area contributed by atoms with E-state index in [4.69, 9.17) is 14.2 Å². The zero-order valence-corrected chi connectivity index (χ0v) is 25.1. The average Bonchev–Trinajstić information content (AvgIpc) is 3.71. The Labute approximate surface area is 261 Å². The van der Waals surface area contributed by atoms with Crippen LogP contribution < -0.4 is 19.1 Å². The minimum absolute atomic E-state index is 0.0121. The van der Waals surface area contributed by atoms with Crippen molar-refractivity contribution in [3.63, 3.8) is 0 Å². The second kappa shape index (κ2) is 11.4. The number of aromatic nitrogens is 1. The lowest BCUT2D eigenvalue weighted by atomic mass is 9.94. The van der Waals surface area contributed by atoms with E-state index in [9.17, 15) is 19.1 Å². The number of carbonyl (C=O) groups excluding carboxylic acids is 2. The van der Waals surface area contributed by atoms with Gasteiger partial charge in [-0.15, -0.1) is 0 Å². The molecule has 7 rings (SSSR count). The zero-order valence-electron chi connectivity index (χ0n) is 24.3. The lowest BCUT2D eigenvalue weighted by Crippen LogP contribution is -2.29. The van der Waals surface area contributed by atoms with Crippen LogP contribution in [0, 0.1) is 5.82 Å². The van der Waals surface area contributed by atoms with Crippen molar-refractivity contribution in [3.8, 4) is 17.2 Å². The van der Waals surface area contributed by atoms with E-state index in [0.717, 1.165) is 22.5 Å². The molecule has 1 aromatic heterocycles. The van der Waals surface area contributed by atoms with Gasteiger partial charge >= 0.3 is 5.91 Å². The van der Waals surface area contributed by atoms with Crippen LogP contribution in [0.25, 0.3) is 16.0 Å². The van der Waals surface area contributed by atoms with Gasteiger partial charge in [0, 0.05) is 12.0 Å². The lowest BCUT2D eigenvalue weighted by Gasteiger charge is -2.24. The molecule has 5 aromatic rings. The molecule has 0 spiro atoms. The summed E-state index contributed by atoms with van der Waals surface area (Å²) in [6, 6.07) is 23.1. The van der Waals surface area contributed by atoms with E-state index in [0.29, 0.717) is 51.6 Å². The molecule has 4 aromatic carbocycles. The summed E-state index contributed by atoms with van der Waals surface area (Å²) < 4.78 is 32.1. The highest BCUT2D eigenvalue weighted by atomic mass is 32.1. The molecule has 2 aliphatic rings. The summed E-state index contributed by atoms with van der Waals surface area (Å²) in [5.74, 6) is -0.928. The van der Waals surface area contributed by atoms with Gasteiger partial charge in [0.25, 0.3) is 5.78 Å². The molecular formula is C35H27FN2O6S. The Morgan fingerprint density at radius 1 is 1.04 bits per heavy atom. The van der Waals surface area contributed by atoms with Gasteiger partial charge in [-0.1, -0.05) is 47.7 Å². The van der Waals surface area contributed by atoms with Crippen molar-refractivity contribution < 1.29 is 33.3 Å². The quantitative estimate of drug-likeness (QED) is 0.119. The molecule has 0 radical (unpaired) electrons. The van der Waals surface area contributed by atoms with Crippen LogP contribution in [-0.2, 0) is 22.6 Å². The van der Waals surface area contributed by atoms with Crippen LogP contribution in [0.15, 0.2) is 90.5 Å². The summed E-state index contributed by atoms with van der Waals surface area (Å²) in [5.41, 5.74) is 3.12. The Hall–Kier alpha value is -5.22. The van der Waals surface area contributed by atoms with Crippen LogP contribution in [0.5, 0.6) is 17.2 Å². The number of halogens is 1. The smallest absolute Gasteiger partial charge is 0.301 e. The van der Waals surface area contributed by atoms with Gasteiger partial charge in [0.15, 0.2) is 16.6 Å². The number of hydrogen-bond donors (Lipinski definition) is 1. The Kier molecular flexibility index (Phi) is 7.21. The number of aliphatic hydroxyl groups excluding tert-OH is 1. The number of aliphatic hydroxyl groups is 1. The first-order valence-electron chi connectivity index (χ1n) is 14.3. The number of thiazole rings is 1. The third-order valence-corrected chi connectivity index (χ3v) is 8.92. The van der Waals surface area contributed by atoms with Crippen molar-refractivity contribution in [1.82, 2.24) is 4.98 Å². The SMILES string of the molecule is COc1cc([C@@H]2C(=C(O)c3ccc4c(c3)C[C@H](C)O4)C(=O)C(=O)N2c2nc3ccc(F)cc3s2)ccc1OCc1ccccc1. The van der Waals surface area contributed by atoms with Gasteiger partial charge in [-0.2, -0.15) is 0 Å². The van der Waals surface area contributed by atoms with E-state index in [1.165, 1.54) is 30.2 Å². The number of hydrogen-bond acceptors (Lipinski definition) is 8. The molecule has 0 saturated carbocycles. The molecule has 3 heterocycles. The number of rotatable bonds is 7. The second-order valence-electron chi connectivity index (χ2n) is 10.9. The summed E-state index contributed by atoms with van der Waals surface area (Å²) >= 11 is 1.08. The van der Waals surface area contributed by atoms with Crippen LogP contribution in [0.1, 0.15) is 35.2 Å². The van der Waals surface area contributed by atoms with Crippen LogP contribution >= 0.6 is 11.3 Å². The fourth-order valence-corrected chi connectivity index (χ4v) is 6.79. The van der Waals surface area contributed by atoms with E-state index in [1.54, 1.807) is 36.4 Å². The van der Waals surface area contributed by atoms with Gasteiger partial charge in [-0.05, 0) is 72.1 Å². The molecule has 45 heavy (non-hydrogen) atoms. The molecule has 1 fully saturated rings. The highest BCUT2D eigenvalue weighted by Crippen LogP contribution is 2.46. The largest absolute Gasteiger partial charge is 0.507 e. The van der Waals surface area contributed by atoms with Crippen molar-refractivity contribution in [2.75, 3.05) is 12.0 Å². The Morgan fingerprint density at radius 2 is 1.87 bits per heavy atom. The summed E-state index contributed by atoms with van der Waals surface area (Å²) in [6.07, 6.45) is 0.639. The number of carbonyl (C=O) groups is 2. The molecule has 0 aliphatic carbocycles. The number of ketones is 1. The fraction of sp³-hybridized carbons (Fsp3) is 0.171. The van der Waals surface area contributed by atoms with E-state index < -0.39 is 23.5 Å². The summed E-state index contributed by atoms with van der Waals surface area (Å²) in [6.45, 7) is 2.26. The first-order valence-corrected chi connectivity index (χ1v) is 15.1. The summed E-state index contributed by atoms with van der Waals surface area (Å²) in [4.78, 5) is 33.3. The number of ether oxygens (including phenoxy) is 3. The zero-order chi connectivity index (χ0) is 31.2. The van der Waals surface area contributed by atoms with E-state index in [1.807, 2.05) is 37.3 Å². The van der Waals surface area contributed by atoms with E-state index in [-0.39, 0.29) is 22.6 Å². The standard InChI is InChI=1S/C35H27FN2O6S/c1-19-14-23-15-22(9-12-26(23)44-19)32(39)30-31(21-8-13-27(28(16-21)42-2)43-18-20-6-4-3-5-7-20)38(34(41)33(30)40)35-37-25-11-10-24(36)17-29(25)45-35/h3-13,15-17,19,31,39H,14,18H2,1-2H3/t19-,31+/m0/s1. The number of anilines is 1. The number of Topliss-reactive ketones (excluding diaryl/α,β-unsaturated/α-hetero) is 1. The van der Waals surface area contributed by atoms with Gasteiger partial charge in [-0.3, -0.25) is 14.5 Å². The van der Waals surface area contributed by atoms with Crippen molar-refractivity contribution in [2.45, 2.75) is 32.1 Å². The Balaban J connectivity index is 1.35. The molecule has 1 saturated heterocycles. The number of nitrogens with zero attached hydrogens (tertiary/aromatic N) is 2. The van der Waals surface area contributed by atoms with Crippen molar-refractivity contribution in [2.24, 2.45) is 0 Å². The van der Waals surface area contributed by atoms with Crippen LogP contribution in [0.4, 0.5) is 9.52 Å². The van der Waals surface area contributed by atoms with Crippen LogP contribution in [0.2, 0.25) is 0 Å². The maximum Gasteiger partial charge on any atom is 0.301 e. The molecule has 2 aliphatic heterocycles. The lowest BCUT2D eigenvalue weighted by molar-refractivity contribution is -0.132. The normalized spacial score (nSPS) is 18.7. The number of methoxy groups -OCH3 is 1. The summed E-state index contributed by atoms with van der Waals surface area (Å²) in [7, 11) is 1.50. The highest BCUT2D eigenvalue weighted by Gasteiger charge is 2.48. The minimum Gasteiger partial charge on any atom is -0.507 e. The minimum atomic E-state index is -1.06. The molecule has 2 atom stereocenters. The molecule has 226 valence electrons. The number of amides is 1. The summed E-state index contributed by atoms with van der Waals surface area (Å²) in [5, 5.41) is 11.9. The fourth-order valence-electron chi connectivity index (χ4n) is 5.77. The number of benzene rings is 4. The van der Waals surface area contributed by atoms with E-state index in [2.05, 4.69) is 4.98 Å². The molecule has 0 unspecified atom stereocenters. The number of fused-ring (bicyclic) bond motifs is 2. The third kappa shape index (κ3) is 5.17.